The van der Waals surface area contributed by atoms with Crippen molar-refractivity contribution in [3.05, 3.63) is 33.4 Å². The number of H-pyrrole nitrogens is 1. The molecular formula is C8H5BrN2O3. The highest BCUT2D eigenvalue weighted by Crippen LogP contribution is 2.20. The van der Waals surface area contributed by atoms with Crippen molar-refractivity contribution in [2.24, 2.45) is 0 Å². The standard InChI is InChI=1S/C8H5BrN2O3/c9-5-7(12)10-6(11-8(5)13)4-1-2-14-3-4/h1-3H,(H2,10,11,12,13). The van der Waals surface area contributed by atoms with Crippen LogP contribution in [-0.2, 0) is 0 Å². The quantitative estimate of drug-likeness (QED) is 0.811. The number of furan rings is 1. The first-order valence-corrected chi connectivity index (χ1v) is 4.49. The molecule has 14 heavy (non-hydrogen) atoms. The van der Waals surface area contributed by atoms with Gasteiger partial charge in [0.25, 0.3) is 5.56 Å². The molecule has 5 nitrogen and oxygen atoms in total. The molecule has 0 aromatic carbocycles. The third kappa shape index (κ3) is 1.44. The number of rotatable bonds is 1. The van der Waals surface area contributed by atoms with Crippen molar-refractivity contribution < 1.29 is 9.52 Å². The van der Waals surface area contributed by atoms with Crippen LogP contribution in [0, 0.1) is 0 Å². The van der Waals surface area contributed by atoms with Crippen LogP contribution in [0.3, 0.4) is 0 Å². The highest BCUT2D eigenvalue weighted by Gasteiger charge is 2.09. The zero-order chi connectivity index (χ0) is 10.1. The van der Waals surface area contributed by atoms with E-state index >= 15 is 0 Å². The number of halogens is 1. The van der Waals surface area contributed by atoms with Gasteiger partial charge in [-0.25, -0.2) is 0 Å². The number of hydrogen-bond acceptors (Lipinski definition) is 4. The first kappa shape index (κ1) is 9.01. The van der Waals surface area contributed by atoms with E-state index in [0.29, 0.717) is 5.56 Å². The molecule has 0 saturated heterocycles. The third-order valence-electron chi connectivity index (χ3n) is 1.64. The Morgan fingerprint density at radius 1 is 1.57 bits per heavy atom. The highest BCUT2D eigenvalue weighted by atomic mass is 79.9. The zero-order valence-electron chi connectivity index (χ0n) is 6.82. The number of aromatic nitrogens is 2. The van der Waals surface area contributed by atoms with Crippen LogP contribution >= 0.6 is 15.9 Å². The van der Waals surface area contributed by atoms with Gasteiger partial charge in [-0.05, 0) is 22.0 Å². The molecule has 2 N–H and O–H groups in total. The predicted molar refractivity (Wildman–Crippen MR) is 51.9 cm³/mol. The molecular weight excluding hydrogens is 252 g/mol. The molecule has 0 atom stereocenters. The Kier molecular flexibility index (Phi) is 2.12. The summed E-state index contributed by atoms with van der Waals surface area (Å²) in [6.45, 7) is 0. The zero-order valence-corrected chi connectivity index (χ0v) is 8.41. The summed E-state index contributed by atoms with van der Waals surface area (Å²) in [5.41, 5.74) is 0.165. The largest absolute Gasteiger partial charge is 0.492 e. The van der Waals surface area contributed by atoms with Gasteiger partial charge in [-0.15, -0.1) is 0 Å². The topological polar surface area (TPSA) is 79.1 Å². The molecule has 2 aromatic heterocycles. The van der Waals surface area contributed by atoms with Crippen LogP contribution in [-0.4, -0.2) is 15.1 Å². The Morgan fingerprint density at radius 3 is 2.93 bits per heavy atom. The highest BCUT2D eigenvalue weighted by molar-refractivity contribution is 9.10. The summed E-state index contributed by atoms with van der Waals surface area (Å²) in [6, 6.07) is 1.63. The monoisotopic (exact) mass is 256 g/mol. The van der Waals surface area contributed by atoms with E-state index in [9.17, 15) is 9.90 Å². The maximum absolute atomic E-state index is 11.2. The van der Waals surface area contributed by atoms with Crippen LogP contribution < -0.4 is 5.56 Å². The fourth-order valence-electron chi connectivity index (χ4n) is 0.983. The molecule has 0 fully saturated rings. The number of hydrogen-bond donors (Lipinski definition) is 2. The molecule has 0 spiro atoms. The Labute approximate surface area is 86.5 Å². The van der Waals surface area contributed by atoms with Crippen LogP contribution in [0.25, 0.3) is 11.4 Å². The van der Waals surface area contributed by atoms with E-state index in [2.05, 4.69) is 25.9 Å². The van der Waals surface area contributed by atoms with Crippen LogP contribution in [0.4, 0.5) is 0 Å². The molecule has 2 rings (SSSR count). The van der Waals surface area contributed by atoms with Crippen molar-refractivity contribution >= 4 is 15.9 Å². The second kappa shape index (κ2) is 3.30. The number of nitrogens with one attached hydrogen (secondary N) is 1. The summed E-state index contributed by atoms with van der Waals surface area (Å²) in [7, 11) is 0. The van der Waals surface area contributed by atoms with Gasteiger partial charge in [0, 0.05) is 0 Å². The minimum Gasteiger partial charge on any atom is -0.492 e. The first-order valence-electron chi connectivity index (χ1n) is 3.70. The van der Waals surface area contributed by atoms with Crippen molar-refractivity contribution in [1.29, 1.82) is 0 Å². The third-order valence-corrected chi connectivity index (χ3v) is 2.35. The molecule has 0 aliphatic rings. The van der Waals surface area contributed by atoms with Crippen molar-refractivity contribution in [2.75, 3.05) is 0 Å². The van der Waals surface area contributed by atoms with Gasteiger partial charge < -0.3 is 14.5 Å². The summed E-state index contributed by atoms with van der Waals surface area (Å²) in [5.74, 6) is -0.0746. The molecule has 0 saturated carbocycles. The number of aromatic hydroxyl groups is 1. The number of aromatic amines is 1. The lowest BCUT2D eigenvalue weighted by Crippen LogP contribution is -2.09. The molecule has 0 aliphatic carbocycles. The van der Waals surface area contributed by atoms with Gasteiger partial charge in [0.05, 0.1) is 11.8 Å². The Hall–Kier alpha value is -1.56. The molecule has 0 radical (unpaired) electrons. The molecule has 6 heteroatoms. The summed E-state index contributed by atoms with van der Waals surface area (Å²) in [5, 5.41) is 9.27. The van der Waals surface area contributed by atoms with Crippen molar-refractivity contribution in [1.82, 2.24) is 9.97 Å². The van der Waals surface area contributed by atoms with Crippen LogP contribution in [0.1, 0.15) is 0 Å². The second-order valence-corrected chi connectivity index (χ2v) is 3.36. The minimum absolute atomic E-state index is 0.0183. The van der Waals surface area contributed by atoms with Crippen LogP contribution in [0.2, 0.25) is 0 Å². The van der Waals surface area contributed by atoms with Gasteiger partial charge >= 0.3 is 0 Å². The number of nitrogens with zero attached hydrogens (tertiary/aromatic N) is 1. The van der Waals surface area contributed by atoms with E-state index in [1.165, 1.54) is 12.5 Å². The van der Waals surface area contributed by atoms with Crippen LogP contribution in [0.5, 0.6) is 5.88 Å². The molecule has 72 valence electrons. The average molecular weight is 257 g/mol. The normalized spacial score (nSPS) is 10.4. The molecule has 0 unspecified atom stereocenters. The molecule has 2 aromatic rings. The predicted octanol–water partition coefficient (Wildman–Crippen LogP) is 1.50. The Balaban J connectivity index is 2.63. The van der Waals surface area contributed by atoms with E-state index in [4.69, 9.17) is 4.42 Å². The summed E-state index contributed by atoms with van der Waals surface area (Å²) in [4.78, 5) is 17.5. The smallest absolute Gasteiger partial charge is 0.269 e. The van der Waals surface area contributed by atoms with E-state index in [1.807, 2.05) is 0 Å². The van der Waals surface area contributed by atoms with Crippen molar-refractivity contribution in [3.63, 3.8) is 0 Å². The lowest BCUT2D eigenvalue weighted by Gasteiger charge is -1.98. The van der Waals surface area contributed by atoms with E-state index in [1.54, 1.807) is 6.07 Å². The van der Waals surface area contributed by atoms with Crippen LogP contribution in [0.15, 0.2) is 32.3 Å². The molecule has 0 aliphatic heterocycles. The Morgan fingerprint density at radius 2 is 2.36 bits per heavy atom. The fourth-order valence-corrected chi connectivity index (χ4v) is 1.17. The van der Waals surface area contributed by atoms with Gasteiger partial charge in [0.15, 0.2) is 0 Å². The van der Waals surface area contributed by atoms with E-state index < -0.39 is 5.56 Å². The second-order valence-electron chi connectivity index (χ2n) is 2.56. The van der Waals surface area contributed by atoms with E-state index in [-0.39, 0.29) is 16.2 Å². The lowest BCUT2D eigenvalue weighted by molar-refractivity contribution is 0.448. The van der Waals surface area contributed by atoms with Gasteiger partial charge in [-0.3, -0.25) is 4.79 Å². The van der Waals surface area contributed by atoms with Gasteiger partial charge in [0.1, 0.15) is 16.6 Å². The SMILES string of the molecule is O=c1[nH]c(-c2ccoc2)nc(O)c1Br. The maximum Gasteiger partial charge on any atom is 0.269 e. The fraction of sp³-hybridized carbons (Fsp3) is 0. The summed E-state index contributed by atoms with van der Waals surface area (Å²) < 4.78 is 4.84. The van der Waals surface area contributed by atoms with E-state index in [0.717, 1.165) is 0 Å². The van der Waals surface area contributed by atoms with Gasteiger partial charge in [-0.2, -0.15) is 4.98 Å². The minimum atomic E-state index is -0.436. The average Bonchev–Trinajstić information content (AvgIpc) is 2.66. The first-order chi connectivity index (χ1) is 6.68. The summed E-state index contributed by atoms with van der Waals surface area (Å²) >= 11 is 2.90. The molecule has 2 heterocycles. The van der Waals surface area contributed by atoms with Gasteiger partial charge in [0.2, 0.25) is 5.88 Å². The molecule has 0 bridgehead atoms. The van der Waals surface area contributed by atoms with Crippen molar-refractivity contribution in [3.8, 4) is 17.3 Å². The summed E-state index contributed by atoms with van der Waals surface area (Å²) in [6.07, 6.45) is 2.88. The van der Waals surface area contributed by atoms with Crippen molar-refractivity contribution in [2.45, 2.75) is 0 Å². The molecule has 0 amide bonds. The van der Waals surface area contributed by atoms with Gasteiger partial charge in [-0.1, -0.05) is 0 Å². The lowest BCUT2D eigenvalue weighted by atomic mass is 10.3. The Bertz CT molecular complexity index is 504. The maximum atomic E-state index is 11.2.